The lowest BCUT2D eigenvalue weighted by Crippen LogP contribution is -2.54. The van der Waals surface area contributed by atoms with Crippen molar-refractivity contribution in [2.45, 2.75) is 18.4 Å². The van der Waals surface area contributed by atoms with Crippen LogP contribution in [0.4, 0.5) is 5.69 Å². The van der Waals surface area contributed by atoms with Gasteiger partial charge < -0.3 is 15.8 Å². The first-order valence-electron chi connectivity index (χ1n) is 5.96. The zero-order valence-electron chi connectivity index (χ0n) is 10.4. The van der Waals surface area contributed by atoms with E-state index in [1.165, 1.54) is 0 Å². The summed E-state index contributed by atoms with van der Waals surface area (Å²) in [6, 6.07) is 7.55. The smallest absolute Gasteiger partial charge is 0.243 e. The first-order valence-corrected chi connectivity index (χ1v) is 7.12. The summed E-state index contributed by atoms with van der Waals surface area (Å²) in [6.07, 6.45) is 1.80. The van der Waals surface area contributed by atoms with Crippen LogP contribution < -0.4 is 15.8 Å². The monoisotopic (exact) mass is 266 g/mol. The van der Waals surface area contributed by atoms with Crippen LogP contribution in [0.1, 0.15) is 12.8 Å². The summed E-state index contributed by atoms with van der Waals surface area (Å²) < 4.78 is 5.11. The van der Waals surface area contributed by atoms with E-state index in [1.54, 1.807) is 18.9 Å². The highest BCUT2D eigenvalue weighted by atomic mass is 32.2. The Morgan fingerprint density at radius 2 is 2.17 bits per heavy atom. The van der Waals surface area contributed by atoms with Crippen molar-refractivity contribution in [1.29, 1.82) is 0 Å². The second kappa shape index (κ2) is 5.52. The molecule has 1 heterocycles. The summed E-state index contributed by atoms with van der Waals surface area (Å²) >= 11 is 1.77. The zero-order valence-corrected chi connectivity index (χ0v) is 11.3. The maximum atomic E-state index is 11.7. The molecule has 1 amide bonds. The van der Waals surface area contributed by atoms with E-state index in [1.807, 2.05) is 24.3 Å². The number of amides is 1. The highest BCUT2D eigenvalue weighted by molar-refractivity contribution is 7.99. The number of rotatable bonds is 4. The Bertz CT molecular complexity index is 414. The molecule has 0 radical (unpaired) electrons. The molecule has 0 aliphatic carbocycles. The minimum Gasteiger partial charge on any atom is -0.497 e. The van der Waals surface area contributed by atoms with E-state index in [0.717, 1.165) is 35.8 Å². The Hall–Kier alpha value is -1.36. The summed E-state index contributed by atoms with van der Waals surface area (Å²) in [5.74, 6) is 2.35. The maximum Gasteiger partial charge on any atom is 0.243 e. The number of methoxy groups -OCH3 is 1. The van der Waals surface area contributed by atoms with E-state index in [0.29, 0.717) is 0 Å². The predicted molar refractivity (Wildman–Crippen MR) is 75.1 cm³/mol. The third-order valence-corrected chi connectivity index (χ3v) is 4.46. The molecule has 1 saturated heterocycles. The van der Waals surface area contributed by atoms with E-state index in [9.17, 15) is 4.79 Å². The van der Waals surface area contributed by atoms with Gasteiger partial charge in [0.2, 0.25) is 5.91 Å². The standard InChI is InChI=1S/C13H18N2O2S/c1-17-11-5-3-10(4-6-11)15-13(12(14)16)7-2-8-18-9-13/h3-6,15H,2,7-9H2,1H3,(H2,14,16). The Morgan fingerprint density at radius 1 is 1.44 bits per heavy atom. The van der Waals surface area contributed by atoms with Gasteiger partial charge >= 0.3 is 0 Å². The molecule has 4 nitrogen and oxygen atoms in total. The number of hydrogen-bond acceptors (Lipinski definition) is 4. The number of nitrogens with one attached hydrogen (secondary N) is 1. The molecule has 1 atom stereocenters. The molecule has 1 aromatic rings. The number of anilines is 1. The summed E-state index contributed by atoms with van der Waals surface area (Å²) in [6.45, 7) is 0. The molecule has 1 aromatic carbocycles. The van der Waals surface area contributed by atoms with Crippen molar-refractivity contribution in [3.63, 3.8) is 0 Å². The van der Waals surface area contributed by atoms with Crippen molar-refractivity contribution in [2.24, 2.45) is 5.73 Å². The average Bonchev–Trinajstić information content (AvgIpc) is 2.40. The molecule has 0 spiro atoms. The van der Waals surface area contributed by atoms with Crippen molar-refractivity contribution in [1.82, 2.24) is 0 Å². The van der Waals surface area contributed by atoms with E-state index in [2.05, 4.69) is 5.32 Å². The highest BCUT2D eigenvalue weighted by Crippen LogP contribution is 2.30. The number of nitrogens with two attached hydrogens (primary N) is 1. The predicted octanol–water partition coefficient (Wildman–Crippen LogP) is 1.86. The second-order valence-electron chi connectivity index (χ2n) is 4.46. The maximum absolute atomic E-state index is 11.7. The molecule has 1 aliphatic heterocycles. The number of ether oxygens (including phenoxy) is 1. The second-order valence-corrected chi connectivity index (χ2v) is 5.56. The van der Waals surface area contributed by atoms with Crippen LogP contribution in [0.5, 0.6) is 5.75 Å². The Labute approximate surface area is 111 Å². The molecule has 0 aromatic heterocycles. The van der Waals surface area contributed by atoms with Crippen LogP contribution in [0.2, 0.25) is 0 Å². The lowest BCUT2D eigenvalue weighted by molar-refractivity contribution is -0.121. The fraction of sp³-hybridized carbons (Fsp3) is 0.462. The first-order chi connectivity index (χ1) is 8.66. The van der Waals surface area contributed by atoms with E-state index < -0.39 is 5.54 Å². The molecule has 5 heteroatoms. The molecular formula is C13H18N2O2S. The van der Waals surface area contributed by atoms with Crippen molar-refractivity contribution in [3.8, 4) is 5.75 Å². The van der Waals surface area contributed by atoms with Crippen molar-refractivity contribution < 1.29 is 9.53 Å². The van der Waals surface area contributed by atoms with Crippen LogP contribution in [0.25, 0.3) is 0 Å². The molecule has 0 bridgehead atoms. The van der Waals surface area contributed by atoms with Gasteiger partial charge in [-0.3, -0.25) is 4.79 Å². The van der Waals surface area contributed by atoms with Crippen molar-refractivity contribution in [3.05, 3.63) is 24.3 Å². The van der Waals surface area contributed by atoms with Gasteiger partial charge in [0.1, 0.15) is 11.3 Å². The number of benzene rings is 1. The van der Waals surface area contributed by atoms with Crippen LogP contribution in [0.3, 0.4) is 0 Å². The first kappa shape index (κ1) is 13.1. The van der Waals surface area contributed by atoms with Gasteiger partial charge in [-0.25, -0.2) is 0 Å². The Balaban J connectivity index is 2.15. The Kier molecular flexibility index (Phi) is 4.01. The van der Waals surface area contributed by atoms with Crippen molar-refractivity contribution >= 4 is 23.4 Å². The molecule has 1 fully saturated rings. The van der Waals surface area contributed by atoms with Crippen LogP contribution in [-0.4, -0.2) is 30.1 Å². The van der Waals surface area contributed by atoms with Gasteiger partial charge in [-0.15, -0.1) is 0 Å². The van der Waals surface area contributed by atoms with Gasteiger partial charge in [0.25, 0.3) is 0 Å². The van der Waals surface area contributed by atoms with Crippen LogP contribution in [0, 0.1) is 0 Å². The summed E-state index contributed by atoms with van der Waals surface area (Å²) in [7, 11) is 1.63. The minimum absolute atomic E-state index is 0.273. The molecule has 1 aliphatic rings. The van der Waals surface area contributed by atoms with E-state index in [4.69, 9.17) is 10.5 Å². The zero-order chi connectivity index (χ0) is 13.0. The highest BCUT2D eigenvalue weighted by Gasteiger charge is 2.38. The quantitative estimate of drug-likeness (QED) is 0.873. The fourth-order valence-corrected chi connectivity index (χ4v) is 3.30. The third kappa shape index (κ3) is 2.72. The largest absolute Gasteiger partial charge is 0.497 e. The van der Waals surface area contributed by atoms with Crippen LogP contribution in [-0.2, 0) is 4.79 Å². The van der Waals surface area contributed by atoms with Crippen LogP contribution >= 0.6 is 11.8 Å². The topological polar surface area (TPSA) is 64.3 Å². The molecule has 1 unspecified atom stereocenters. The molecule has 98 valence electrons. The SMILES string of the molecule is COc1ccc(NC2(C(N)=O)CCCSC2)cc1. The molecule has 2 rings (SSSR count). The lowest BCUT2D eigenvalue weighted by Gasteiger charge is -2.35. The van der Waals surface area contributed by atoms with Gasteiger partial charge in [-0.2, -0.15) is 11.8 Å². The van der Waals surface area contributed by atoms with Crippen LogP contribution in [0.15, 0.2) is 24.3 Å². The number of primary amides is 1. The molecule has 0 saturated carbocycles. The molecule has 3 N–H and O–H groups in total. The van der Waals surface area contributed by atoms with Gasteiger partial charge in [-0.05, 0) is 42.9 Å². The fourth-order valence-electron chi connectivity index (χ4n) is 2.10. The molecular weight excluding hydrogens is 248 g/mol. The third-order valence-electron chi connectivity index (χ3n) is 3.19. The number of carbonyl (C=O) groups is 1. The summed E-state index contributed by atoms with van der Waals surface area (Å²) in [5.41, 5.74) is 5.85. The van der Waals surface area contributed by atoms with Gasteiger partial charge in [0, 0.05) is 11.4 Å². The number of hydrogen-bond donors (Lipinski definition) is 2. The van der Waals surface area contributed by atoms with E-state index in [-0.39, 0.29) is 5.91 Å². The summed E-state index contributed by atoms with van der Waals surface area (Å²) in [5, 5.41) is 3.29. The van der Waals surface area contributed by atoms with Gasteiger partial charge in [-0.1, -0.05) is 0 Å². The number of thioether (sulfide) groups is 1. The summed E-state index contributed by atoms with van der Waals surface area (Å²) in [4.78, 5) is 11.7. The van der Waals surface area contributed by atoms with Gasteiger partial charge in [0.05, 0.1) is 7.11 Å². The normalized spacial score (nSPS) is 23.4. The molecule has 18 heavy (non-hydrogen) atoms. The van der Waals surface area contributed by atoms with Crippen molar-refractivity contribution in [2.75, 3.05) is 23.9 Å². The Morgan fingerprint density at radius 3 is 2.67 bits per heavy atom. The average molecular weight is 266 g/mol. The van der Waals surface area contributed by atoms with E-state index >= 15 is 0 Å². The number of carbonyl (C=O) groups excluding carboxylic acids is 1. The minimum atomic E-state index is -0.614. The lowest BCUT2D eigenvalue weighted by atomic mass is 9.94. The van der Waals surface area contributed by atoms with Gasteiger partial charge in [0.15, 0.2) is 0 Å².